The first-order valence-electron chi connectivity index (χ1n) is 10.9. The molecule has 9 heteroatoms. The number of amides is 1. The summed E-state index contributed by atoms with van der Waals surface area (Å²) in [5.41, 5.74) is 0.00628. The Morgan fingerprint density at radius 1 is 1.30 bits per heavy atom. The molecule has 0 aromatic carbocycles. The number of fused-ring (bicyclic) bond motifs is 1. The van der Waals surface area contributed by atoms with Crippen molar-refractivity contribution in [2.45, 2.75) is 81.2 Å². The molecule has 1 unspecified atom stereocenters. The number of carbonyl (C=O) groups excluding carboxylic acids is 1. The molecule has 1 aromatic rings. The van der Waals surface area contributed by atoms with Gasteiger partial charge in [0.1, 0.15) is 22.1 Å². The van der Waals surface area contributed by atoms with Crippen molar-refractivity contribution in [2.75, 3.05) is 30.8 Å². The van der Waals surface area contributed by atoms with E-state index in [1.807, 2.05) is 20.8 Å². The van der Waals surface area contributed by atoms with Gasteiger partial charge >= 0.3 is 6.09 Å². The highest BCUT2D eigenvalue weighted by atomic mass is 32.2. The van der Waals surface area contributed by atoms with E-state index in [1.54, 1.807) is 4.90 Å². The van der Waals surface area contributed by atoms with E-state index in [9.17, 15) is 14.1 Å². The van der Waals surface area contributed by atoms with Gasteiger partial charge in [-0.15, -0.1) is 0 Å². The molecule has 1 amide bonds. The maximum atomic E-state index is 12.6. The second-order valence-corrected chi connectivity index (χ2v) is 11.2. The molecule has 1 saturated carbocycles. The van der Waals surface area contributed by atoms with Gasteiger partial charge in [0.15, 0.2) is 0 Å². The van der Waals surface area contributed by atoms with Crippen molar-refractivity contribution in [3.05, 3.63) is 11.5 Å². The molecule has 1 aromatic heterocycles. The van der Waals surface area contributed by atoms with Crippen molar-refractivity contribution in [1.29, 1.82) is 0 Å². The zero-order chi connectivity index (χ0) is 21.5. The first-order valence-corrected chi connectivity index (χ1v) is 12.2. The van der Waals surface area contributed by atoms with Gasteiger partial charge in [-0.2, -0.15) is 0 Å². The number of nitrogens with zero attached hydrogens (tertiary/aromatic N) is 3. The Bertz CT molecular complexity index is 837. The SMILES string of the molecule is CC(C)(C)OC(=O)N1CCC(c2nc3c(c(NC4(CO)CCC4)n2)S(=O)CC3)CC1. The van der Waals surface area contributed by atoms with Crippen LogP contribution in [0.15, 0.2) is 4.90 Å². The van der Waals surface area contributed by atoms with Crippen LogP contribution in [-0.2, 0) is 22.0 Å². The van der Waals surface area contributed by atoms with Crippen LogP contribution in [0.4, 0.5) is 10.6 Å². The van der Waals surface area contributed by atoms with Crippen molar-refractivity contribution in [2.24, 2.45) is 0 Å². The lowest BCUT2D eigenvalue weighted by Crippen LogP contribution is -2.48. The number of rotatable bonds is 4. The summed E-state index contributed by atoms with van der Waals surface area (Å²) >= 11 is 0. The molecule has 4 rings (SSSR count). The Kier molecular flexibility index (Phi) is 5.78. The van der Waals surface area contributed by atoms with Crippen molar-refractivity contribution in [3.8, 4) is 0 Å². The van der Waals surface area contributed by atoms with Crippen LogP contribution in [0.5, 0.6) is 0 Å². The average molecular weight is 437 g/mol. The molecule has 3 aliphatic rings. The van der Waals surface area contributed by atoms with E-state index in [4.69, 9.17) is 14.7 Å². The monoisotopic (exact) mass is 436 g/mol. The maximum Gasteiger partial charge on any atom is 0.410 e. The molecule has 2 N–H and O–H groups in total. The molecule has 2 fully saturated rings. The number of nitrogens with one attached hydrogen (secondary N) is 1. The van der Waals surface area contributed by atoms with Crippen molar-refractivity contribution >= 4 is 22.7 Å². The molecule has 0 radical (unpaired) electrons. The summed E-state index contributed by atoms with van der Waals surface area (Å²) in [7, 11) is -1.10. The number of carbonyl (C=O) groups is 1. The first kappa shape index (κ1) is 21.5. The maximum absolute atomic E-state index is 12.6. The van der Waals surface area contributed by atoms with Crippen LogP contribution in [-0.4, -0.2) is 66.9 Å². The van der Waals surface area contributed by atoms with Gasteiger partial charge in [0.25, 0.3) is 0 Å². The van der Waals surface area contributed by atoms with E-state index in [0.29, 0.717) is 36.0 Å². The molecule has 0 spiro atoms. The summed E-state index contributed by atoms with van der Waals surface area (Å²) in [6.07, 6.45) is 4.80. The van der Waals surface area contributed by atoms with Crippen LogP contribution >= 0.6 is 0 Å². The van der Waals surface area contributed by atoms with Crippen LogP contribution in [0.1, 0.15) is 70.3 Å². The van der Waals surface area contributed by atoms with Gasteiger partial charge in [0, 0.05) is 31.2 Å². The van der Waals surface area contributed by atoms with Gasteiger partial charge in [-0.25, -0.2) is 14.8 Å². The molecule has 1 atom stereocenters. The van der Waals surface area contributed by atoms with Crippen LogP contribution < -0.4 is 5.32 Å². The molecule has 3 heterocycles. The Balaban J connectivity index is 1.51. The predicted molar refractivity (Wildman–Crippen MR) is 114 cm³/mol. The number of aryl methyl sites for hydroxylation is 1. The van der Waals surface area contributed by atoms with Crippen molar-refractivity contribution in [3.63, 3.8) is 0 Å². The smallest absolute Gasteiger partial charge is 0.410 e. The summed E-state index contributed by atoms with van der Waals surface area (Å²) in [5, 5.41) is 13.3. The third-order valence-corrected chi connectivity index (χ3v) is 7.67. The lowest BCUT2D eigenvalue weighted by Gasteiger charge is -2.41. The quantitative estimate of drug-likeness (QED) is 0.747. The second kappa shape index (κ2) is 8.07. The molecule has 1 aliphatic carbocycles. The number of ether oxygens (including phenoxy) is 1. The van der Waals surface area contributed by atoms with E-state index < -0.39 is 16.4 Å². The number of aliphatic hydroxyl groups excluding tert-OH is 1. The van der Waals surface area contributed by atoms with Crippen LogP contribution in [0.25, 0.3) is 0 Å². The highest BCUT2D eigenvalue weighted by Crippen LogP contribution is 2.39. The fraction of sp³-hybridized carbons (Fsp3) is 0.762. The molecule has 0 bridgehead atoms. The molecular weight excluding hydrogens is 404 g/mol. The largest absolute Gasteiger partial charge is 0.444 e. The Labute approximate surface area is 180 Å². The Hall–Kier alpha value is -1.74. The number of hydrogen-bond acceptors (Lipinski definition) is 7. The van der Waals surface area contributed by atoms with Gasteiger partial charge in [-0.05, 0) is 52.9 Å². The molecule has 166 valence electrons. The zero-order valence-corrected chi connectivity index (χ0v) is 18.9. The second-order valence-electron chi connectivity index (χ2n) is 9.66. The zero-order valence-electron chi connectivity index (χ0n) is 18.1. The van der Waals surface area contributed by atoms with E-state index in [2.05, 4.69) is 5.32 Å². The molecule has 30 heavy (non-hydrogen) atoms. The first-order chi connectivity index (χ1) is 14.2. The van der Waals surface area contributed by atoms with E-state index in [1.165, 1.54) is 0 Å². The van der Waals surface area contributed by atoms with Crippen molar-refractivity contribution < 1.29 is 18.8 Å². The number of aromatic nitrogens is 2. The minimum atomic E-state index is -1.10. The highest BCUT2D eigenvalue weighted by molar-refractivity contribution is 7.85. The molecule has 1 saturated heterocycles. The third-order valence-electron chi connectivity index (χ3n) is 6.21. The summed E-state index contributed by atoms with van der Waals surface area (Å²) in [4.78, 5) is 24.4. The van der Waals surface area contributed by atoms with Crippen molar-refractivity contribution in [1.82, 2.24) is 14.9 Å². The topological polar surface area (TPSA) is 105 Å². The number of likely N-dealkylation sites (tertiary alicyclic amines) is 1. The van der Waals surface area contributed by atoms with Gasteiger partial charge in [0.05, 0.1) is 28.6 Å². The van der Waals surface area contributed by atoms with E-state index in [-0.39, 0.29) is 24.2 Å². The normalized spacial score (nSPS) is 23.6. The number of aliphatic hydroxyl groups is 1. The third kappa shape index (κ3) is 4.32. The summed E-state index contributed by atoms with van der Waals surface area (Å²) in [6.45, 7) is 6.87. The predicted octanol–water partition coefficient (Wildman–Crippen LogP) is 2.58. The van der Waals surface area contributed by atoms with E-state index in [0.717, 1.165) is 43.6 Å². The van der Waals surface area contributed by atoms with Gasteiger partial charge in [0.2, 0.25) is 0 Å². The minimum absolute atomic E-state index is 0.0437. The Morgan fingerprint density at radius 2 is 2.00 bits per heavy atom. The standard InChI is InChI=1S/C21H32N4O4S/c1-20(2,3)29-19(27)25-10-5-14(6-11-25)17-22-15-7-12-30(28)16(15)18(23-17)24-21(13-26)8-4-9-21/h14,26H,4-13H2,1-3H3,(H,22,23,24). The Morgan fingerprint density at radius 3 is 2.57 bits per heavy atom. The lowest BCUT2D eigenvalue weighted by molar-refractivity contribution is 0.0203. The summed E-state index contributed by atoms with van der Waals surface area (Å²) in [6, 6.07) is 0. The number of anilines is 1. The van der Waals surface area contributed by atoms with Crippen LogP contribution in [0.2, 0.25) is 0 Å². The molecule has 2 aliphatic heterocycles. The number of hydrogen-bond donors (Lipinski definition) is 2. The molecule has 8 nitrogen and oxygen atoms in total. The lowest BCUT2D eigenvalue weighted by atomic mass is 9.77. The minimum Gasteiger partial charge on any atom is -0.444 e. The van der Waals surface area contributed by atoms with Gasteiger partial charge in [-0.1, -0.05) is 0 Å². The van der Waals surface area contributed by atoms with Gasteiger partial charge in [-0.3, -0.25) is 4.21 Å². The van der Waals surface area contributed by atoms with E-state index >= 15 is 0 Å². The summed E-state index contributed by atoms with van der Waals surface area (Å²) < 4.78 is 18.0. The highest BCUT2D eigenvalue weighted by Gasteiger charge is 2.39. The van der Waals surface area contributed by atoms with Gasteiger partial charge < -0.3 is 20.1 Å². The fourth-order valence-electron chi connectivity index (χ4n) is 4.31. The summed E-state index contributed by atoms with van der Waals surface area (Å²) in [5.74, 6) is 2.11. The van der Waals surface area contributed by atoms with Crippen LogP contribution in [0.3, 0.4) is 0 Å². The molecular formula is C21H32N4O4S. The number of piperidine rings is 1. The van der Waals surface area contributed by atoms with Crippen LogP contribution in [0, 0.1) is 0 Å². The fourth-order valence-corrected chi connectivity index (χ4v) is 5.61. The average Bonchev–Trinajstić information content (AvgIpc) is 3.04.